The third-order valence-electron chi connectivity index (χ3n) is 4.52. The third-order valence-corrected chi connectivity index (χ3v) is 4.52. The first-order valence-corrected chi connectivity index (χ1v) is 9.64. The van der Waals surface area contributed by atoms with Crippen LogP contribution in [0.15, 0.2) is 62.7 Å². The van der Waals surface area contributed by atoms with Crippen molar-refractivity contribution in [2.45, 2.75) is 32.9 Å². The molecule has 3 aromatic rings. The van der Waals surface area contributed by atoms with Gasteiger partial charge in [0.2, 0.25) is 0 Å². The van der Waals surface area contributed by atoms with Crippen molar-refractivity contribution in [2.75, 3.05) is 17.2 Å². The maximum atomic E-state index is 13.0. The highest BCUT2D eigenvalue weighted by Crippen LogP contribution is 2.21. The van der Waals surface area contributed by atoms with E-state index in [4.69, 9.17) is 14.9 Å². The van der Waals surface area contributed by atoms with E-state index in [1.54, 1.807) is 36.4 Å². The number of unbranched alkanes of at least 4 members (excludes halogenated alkanes) is 1. The Kier molecular flexibility index (Phi) is 6.74. The SMILES string of the molecule is CCCCn1c(N)c(N(Cc2ccco2)C(=O)COc2ccccc2)c(=O)[nH]c1=O. The molecule has 9 nitrogen and oxygen atoms in total. The monoisotopic (exact) mass is 412 g/mol. The number of nitrogens with one attached hydrogen (secondary N) is 1. The van der Waals surface area contributed by atoms with E-state index >= 15 is 0 Å². The molecule has 0 bridgehead atoms. The average molecular weight is 412 g/mol. The van der Waals surface area contributed by atoms with Gasteiger partial charge in [-0.1, -0.05) is 31.5 Å². The number of para-hydroxylation sites is 1. The zero-order chi connectivity index (χ0) is 21.5. The second kappa shape index (κ2) is 9.64. The average Bonchev–Trinajstić information content (AvgIpc) is 3.25. The van der Waals surface area contributed by atoms with E-state index in [1.807, 2.05) is 13.0 Å². The van der Waals surface area contributed by atoms with Gasteiger partial charge >= 0.3 is 5.69 Å². The number of hydrogen-bond donors (Lipinski definition) is 2. The molecule has 0 radical (unpaired) electrons. The number of amides is 1. The van der Waals surface area contributed by atoms with Crippen molar-refractivity contribution < 1.29 is 13.9 Å². The molecule has 30 heavy (non-hydrogen) atoms. The zero-order valence-corrected chi connectivity index (χ0v) is 16.7. The van der Waals surface area contributed by atoms with Crippen molar-refractivity contribution in [1.82, 2.24) is 9.55 Å². The lowest BCUT2D eigenvalue weighted by Crippen LogP contribution is -2.42. The van der Waals surface area contributed by atoms with Crippen molar-refractivity contribution >= 4 is 17.4 Å². The highest BCUT2D eigenvalue weighted by atomic mass is 16.5. The first-order valence-electron chi connectivity index (χ1n) is 9.64. The highest BCUT2D eigenvalue weighted by molar-refractivity contribution is 5.96. The zero-order valence-electron chi connectivity index (χ0n) is 16.7. The van der Waals surface area contributed by atoms with Crippen LogP contribution in [0, 0.1) is 0 Å². The second-order valence-electron chi connectivity index (χ2n) is 6.66. The summed E-state index contributed by atoms with van der Waals surface area (Å²) in [5.41, 5.74) is 4.71. The molecule has 0 spiro atoms. The van der Waals surface area contributed by atoms with Crippen LogP contribution in [0.2, 0.25) is 0 Å². The lowest BCUT2D eigenvalue weighted by atomic mass is 10.3. The van der Waals surface area contributed by atoms with Gasteiger partial charge in [-0.15, -0.1) is 0 Å². The van der Waals surface area contributed by atoms with Crippen molar-refractivity contribution in [2.24, 2.45) is 0 Å². The highest BCUT2D eigenvalue weighted by Gasteiger charge is 2.25. The van der Waals surface area contributed by atoms with Gasteiger partial charge in [-0.05, 0) is 30.7 Å². The Labute approximate surface area is 172 Å². The summed E-state index contributed by atoms with van der Waals surface area (Å²) in [6, 6.07) is 12.2. The van der Waals surface area contributed by atoms with Crippen LogP contribution in [-0.4, -0.2) is 22.1 Å². The number of aromatic amines is 1. The molecule has 0 saturated heterocycles. The minimum Gasteiger partial charge on any atom is -0.484 e. The molecule has 0 aliphatic carbocycles. The molecule has 0 atom stereocenters. The normalized spacial score (nSPS) is 10.7. The van der Waals surface area contributed by atoms with Gasteiger partial charge in [-0.2, -0.15) is 0 Å². The predicted octanol–water partition coefficient (Wildman–Crippen LogP) is 2.12. The molecular formula is C21H24N4O5. The summed E-state index contributed by atoms with van der Waals surface area (Å²) in [6.45, 7) is 1.94. The maximum Gasteiger partial charge on any atom is 0.330 e. The Hall–Kier alpha value is -3.75. The van der Waals surface area contributed by atoms with Crippen LogP contribution in [0.4, 0.5) is 11.5 Å². The van der Waals surface area contributed by atoms with E-state index in [9.17, 15) is 14.4 Å². The molecular weight excluding hydrogens is 388 g/mol. The Morgan fingerprint density at radius 3 is 2.63 bits per heavy atom. The van der Waals surface area contributed by atoms with Gasteiger partial charge in [-0.25, -0.2) is 4.79 Å². The van der Waals surface area contributed by atoms with Crippen LogP contribution in [-0.2, 0) is 17.9 Å². The van der Waals surface area contributed by atoms with E-state index in [-0.39, 0.29) is 24.7 Å². The summed E-state index contributed by atoms with van der Waals surface area (Å²) < 4.78 is 12.1. The summed E-state index contributed by atoms with van der Waals surface area (Å²) in [7, 11) is 0. The topological polar surface area (TPSA) is 124 Å². The van der Waals surface area contributed by atoms with Crippen molar-refractivity contribution in [1.29, 1.82) is 0 Å². The van der Waals surface area contributed by atoms with Crippen LogP contribution >= 0.6 is 0 Å². The van der Waals surface area contributed by atoms with Gasteiger partial charge in [-0.3, -0.25) is 24.0 Å². The molecule has 0 aliphatic rings. The molecule has 1 aromatic carbocycles. The number of carbonyl (C=O) groups excluding carboxylic acids is 1. The van der Waals surface area contributed by atoms with Crippen LogP contribution in [0.1, 0.15) is 25.5 Å². The number of benzene rings is 1. The van der Waals surface area contributed by atoms with Gasteiger partial charge in [0.25, 0.3) is 11.5 Å². The second-order valence-corrected chi connectivity index (χ2v) is 6.66. The number of H-pyrrole nitrogens is 1. The number of anilines is 2. The molecule has 0 aliphatic heterocycles. The number of furan rings is 1. The smallest absolute Gasteiger partial charge is 0.330 e. The minimum absolute atomic E-state index is 0.0384. The van der Waals surface area contributed by atoms with Crippen LogP contribution in [0.3, 0.4) is 0 Å². The van der Waals surface area contributed by atoms with Gasteiger partial charge in [0.15, 0.2) is 12.3 Å². The first-order chi connectivity index (χ1) is 14.5. The standard InChI is InChI=1S/C21H24N4O5/c1-2-3-11-24-19(22)18(20(27)23-21(24)28)25(13-16-10-7-12-29-16)17(26)14-30-15-8-5-4-6-9-15/h4-10,12H,2-3,11,13-14,22H2,1H3,(H,23,27,28). The molecule has 158 valence electrons. The lowest BCUT2D eigenvalue weighted by molar-refractivity contribution is -0.120. The first kappa shape index (κ1) is 21.0. The van der Waals surface area contributed by atoms with Crippen molar-refractivity contribution in [3.8, 4) is 5.75 Å². The largest absolute Gasteiger partial charge is 0.484 e. The summed E-state index contributed by atoms with van der Waals surface area (Å²) >= 11 is 0. The summed E-state index contributed by atoms with van der Waals surface area (Å²) in [5.74, 6) is 0.386. The number of nitrogens with two attached hydrogens (primary N) is 1. The Morgan fingerprint density at radius 2 is 1.97 bits per heavy atom. The Morgan fingerprint density at radius 1 is 1.20 bits per heavy atom. The predicted molar refractivity (Wildman–Crippen MR) is 112 cm³/mol. The lowest BCUT2D eigenvalue weighted by Gasteiger charge is -2.23. The molecule has 0 saturated carbocycles. The number of rotatable bonds is 9. The number of nitrogens with zero attached hydrogens (tertiary/aromatic N) is 2. The molecule has 2 aromatic heterocycles. The van der Waals surface area contributed by atoms with Crippen LogP contribution in [0.5, 0.6) is 5.75 Å². The maximum absolute atomic E-state index is 13.0. The number of aromatic nitrogens is 2. The fourth-order valence-electron chi connectivity index (χ4n) is 2.97. The van der Waals surface area contributed by atoms with Crippen molar-refractivity contribution in [3.63, 3.8) is 0 Å². The molecule has 0 fully saturated rings. The summed E-state index contributed by atoms with van der Waals surface area (Å²) in [4.78, 5) is 41.3. The van der Waals surface area contributed by atoms with Gasteiger partial charge in [0.05, 0.1) is 12.8 Å². The van der Waals surface area contributed by atoms with E-state index in [0.29, 0.717) is 24.5 Å². The summed E-state index contributed by atoms with van der Waals surface area (Å²) in [6.07, 6.45) is 2.99. The molecule has 3 N–H and O–H groups in total. The van der Waals surface area contributed by atoms with E-state index in [2.05, 4.69) is 4.98 Å². The van der Waals surface area contributed by atoms with E-state index in [0.717, 1.165) is 6.42 Å². The number of carbonyl (C=O) groups is 1. The summed E-state index contributed by atoms with van der Waals surface area (Å²) in [5, 5.41) is 0. The third kappa shape index (κ3) is 4.80. The van der Waals surface area contributed by atoms with E-state index < -0.39 is 17.2 Å². The number of nitrogen functional groups attached to an aromatic ring is 1. The van der Waals surface area contributed by atoms with Crippen LogP contribution in [0.25, 0.3) is 0 Å². The molecule has 3 rings (SSSR count). The Balaban J connectivity index is 1.96. The number of ether oxygens (including phenoxy) is 1. The van der Waals surface area contributed by atoms with Gasteiger partial charge in [0.1, 0.15) is 17.3 Å². The molecule has 9 heteroatoms. The van der Waals surface area contributed by atoms with Crippen LogP contribution < -0.4 is 26.6 Å². The fraction of sp³-hybridized carbons (Fsp3) is 0.286. The minimum atomic E-state index is -0.745. The van der Waals surface area contributed by atoms with Gasteiger partial charge < -0.3 is 14.9 Å². The quantitative estimate of drug-likeness (QED) is 0.555. The Bertz CT molecular complexity index is 1090. The molecule has 1 amide bonds. The van der Waals surface area contributed by atoms with Gasteiger partial charge in [0, 0.05) is 6.54 Å². The van der Waals surface area contributed by atoms with E-state index in [1.165, 1.54) is 15.7 Å². The fourth-order valence-corrected chi connectivity index (χ4v) is 2.97. The molecule has 2 heterocycles. The molecule has 0 unspecified atom stereocenters. The number of hydrogen-bond acceptors (Lipinski definition) is 6. The van der Waals surface area contributed by atoms with Crippen molar-refractivity contribution in [3.05, 3.63) is 75.3 Å².